The van der Waals surface area contributed by atoms with Crippen molar-refractivity contribution in [1.29, 1.82) is 0 Å². The van der Waals surface area contributed by atoms with Gasteiger partial charge in [-0.1, -0.05) is 28.4 Å². The van der Waals surface area contributed by atoms with Crippen LogP contribution in [0.5, 0.6) is 0 Å². The Morgan fingerprint density at radius 1 is 0.330 bits per heavy atom. The number of carbonyl (C=O) groups is 2. The molecule has 3 rings (SSSR count). The highest BCUT2D eigenvalue weighted by Gasteiger charge is 2.31. The Balaban J connectivity index is 0.00000147. The minimum absolute atomic E-state index is 0.253. The second kappa shape index (κ2) is 60.9. The van der Waals surface area contributed by atoms with Crippen LogP contribution in [0.3, 0.4) is 0 Å². The van der Waals surface area contributed by atoms with Crippen LogP contribution in [0.25, 0.3) is 0 Å². The largest absolute Gasteiger partial charge is 0.416 e. The summed E-state index contributed by atoms with van der Waals surface area (Å²) in [6, 6.07) is 3.68. The van der Waals surface area contributed by atoms with Crippen molar-refractivity contribution in [1.82, 2.24) is 4.90 Å². The second-order valence-corrected chi connectivity index (χ2v) is 16.3. The number of hydrogen-bond acceptors (Lipinski definition) is 3. The van der Waals surface area contributed by atoms with Crippen molar-refractivity contribution >= 4 is 27.5 Å². The number of hydrogen-bond donors (Lipinski definition) is 0. The molecule has 1 aliphatic heterocycles. The summed E-state index contributed by atoms with van der Waals surface area (Å²) in [6.07, 6.45) is 6.92. The molecule has 1 aromatic carbocycles. The second-order valence-electron chi connectivity index (χ2n) is 15.4. The van der Waals surface area contributed by atoms with Gasteiger partial charge in [0.2, 0.25) is 0 Å². The van der Waals surface area contributed by atoms with Crippen LogP contribution in [0.1, 0.15) is 56.1 Å². The van der Waals surface area contributed by atoms with Crippen LogP contribution in [0.4, 0.5) is 13.2 Å². The Morgan fingerprint density at radius 3 is 0.711 bits per heavy atom. The molecule has 0 N–H and O–H groups in total. The molecule has 0 aromatic heterocycles. The predicted octanol–water partition coefficient (Wildman–Crippen LogP) is 5.72. The fourth-order valence-electron chi connectivity index (χ4n) is 5.11. The van der Waals surface area contributed by atoms with Crippen molar-refractivity contribution < 1.29 is 22.8 Å². The maximum Gasteiger partial charge on any atom is 0.416 e. The highest BCUT2D eigenvalue weighted by molar-refractivity contribution is 9.10. The average Bonchev–Trinajstić information content (AvgIpc) is 1.05. The lowest BCUT2D eigenvalue weighted by molar-refractivity contribution is -0.137. The van der Waals surface area contributed by atoms with Crippen molar-refractivity contribution in [2.24, 2.45) is 0 Å². The Morgan fingerprint density at radius 2 is 0.536 bits per heavy atom. The van der Waals surface area contributed by atoms with E-state index in [0.717, 1.165) is 43.4 Å². The van der Waals surface area contributed by atoms with Crippen LogP contribution in [0.15, 0.2) is 22.7 Å². The van der Waals surface area contributed by atoms with Crippen molar-refractivity contribution in [3.8, 4) is 415 Å². The molecule has 0 spiro atoms. The van der Waals surface area contributed by atoms with E-state index in [4.69, 9.17) is 6.42 Å². The molecule has 7 heteroatoms. The molecule has 3 nitrogen and oxygen atoms in total. The van der Waals surface area contributed by atoms with Crippen molar-refractivity contribution in [2.45, 2.75) is 57.7 Å². The molecule has 1 aromatic rings. The molecular weight excluding hydrogens is 1260 g/mol. The lowest BCUT2D eigenvalue weighted by Crippen LogP contribution is -2.33. The minimum Gasteiger partial charge on any atom is -0.300 e. The van der Waals surface area contributed by atoms with Crippen LogP contribution in [-0.2, 0) is 22.3 Å². The first-order valence-electron chi connectivity index (χ1n) is 26.5. The van der Waals surface area contributed by atoms with Crippen molar-refractivity contribution in [2.75, 3.05) is 13.1 Å². The summed E-state index contributed by atoms with van der Waals surface area (Å²) in [4.78, 5) is 23.7. The van der Waals surface area contributed by atoms with E-state index in [1.54, 1.807) is 0 Å². The number of halogens is 4. The zero-order chi connectivity index (χ0) is 69.9. The van der Waals surface area contributed by atoms with Crippen LogP contribution in [0, 0.1) is 422 Å². The number of Topliss-reactive ketones (excluding diaryl/α,β-unsaturated/α-hetero) is 2. The predicted molar refractivity (Wildman–Crippen MR) is 375 cm³/mol. The molecule has 0 unspecified atom stereocenters. The highest BCUT2D eigenvalue weighted by Crippen LogP contribution is 2.32. The van der Waals surface area contributed by atoms with E-state index >= 15 is 0 Å². The van der Waals surface area contributed by atoms with Gasteiger partial charge in [-0.25, -0.2) is 5.92 Å². The first-order chi connectivity index (χ1) is 47.7. The highest BCUT2D eigenvalue weighted by atomic mass is 79.9. The lowest BCUT2D eigenvalue weighted by atomic mass is 10.00. The molecule has 432 valence electrons. The van der Waals surface area contributed by atoms with E-state index in [1.807, 2.05) is 0 Å². The molecule has 97 heavy (non-hydrogen) atoms. The van der Waals surface area contributed by atoms with Gasteiger partial charge in [-0.15, -0.1) is 12.3 Å². The van der Waals surface area contributed by atoms with Gasteiger partial charge in [-0.3, -0.25) is 20.4 Å². The maximum absolute atomic E-state index is 12.5. The van der Waals surface area contributed by atoms with E-state index in [-0.39, 0.29) is 5.78 Å². The van der Waals surface area contributed by atoms with Gasteiger partial charge < -0.3 is 0 Å². The van der Waals surface area contributed by atoms with Gasteiger partial charge in [0.15, 0.2) is 0 Å². The SMILES string of the molecule is C#CC#CC#CC#CC#CC#CC#CC#CC#CC#CC#CC#CC#CC#CC#CC#CC#CC#CC#CC#CC#CC#CC#CC#CC#CC#CC#CC#CC#CC#CC#CC#CC#CC#CC#C[CH2-].O=C1CCCCC1.O=C1CCN(Cc2ccc(C(F)(F)F)cc2Br)CC1. The first-order valence-corrected chi connectivity index (χ1v) is 27.3. The van der Waals surface area contributed by atoms with Gasteiger partial charge in [0.05, 0.1) is 5.56 Å². The number of nitrogens with zero attached hydrogens (tertiary/aromatic N) is 1. The fraction of sp³-hybridized carbons (Fsp3) is 0.122. The summed E-state index contributed by atoms with van der Waals surface area (Å²) in [5, 5.41) is 0. The number of ketones is 2. The molecule has 0 amide bonds. The number of carbonyl (C=O) groups excluding carboxylic acids is 2. The van der Waals surface area contributed by atoms with Crippen LogP contribution in [0.2, 0.25) is 0 Å². The van der Waals surface area contributed by atoms with Crippen molar-refractivity contribution in [3.63, 3.8) is 0 Å². The molecular formula is C90H26BrF3NO2-. The van der Waals surface area contributed by atoms with Crippen molar-refractivity contribution in [3.05, 3.63) is 40.7 Å². The van der Waals surface area contributed by atoms with E-state index < -0.39 is 11.7 Å². The van der Waals surface area contributed by atoms with Gasteiger partial charge in [0, 0.05) is 346 Å². The van der Waals surface area contributed by atoms with Crippen LogP contribution >= 0.6 is 15.9 Å². The van der Waals surface area contributed by atoms with E-state index in [9.17, 15) is 22.8 Å². The molecule has 1 aliphatic carbocycles. The summed E-state index contributed by atoms with van der Waals surface area (Å²) < 4.78 is 38.1. The number of piperidine rings is 1. The quantitative estimate of drug-likeness (QED) is 0.281. The Bertz CT molecular complexity index is 5770. The normalized spacial score (nSPS) is 7.99. The molecule has 1 heterocycles. The third-order valence-corrected chi connectivity index (χ3v) is 9.62. The number of benzene rings is 1. The fourth-order valence-corrected chi connectivity index (χ4v) is 5.62. The van der Waals surface area contributed by atoms with Gasteiger partial charge in [-0.2, -0.15) is 20.1 Å². The Kier molecular flexibility index (Phi) is 49.2. The zero-order valence-electron chi connectivity index (χ0n) is 50.4. The van der Waals surface area contributed by atoms with E-state index in [0.29, 0.717) is 42.7 Å². The summed E-state index contributed by atoms with van der Waals surface area (Å²) in [5.74, 6) is 172. The van der Waals surface area contributed by atoms with E-state index in [1.165, 1.54) is 12.5 Å². The number of terminal acetylenes is 1. The summed E-state index contributed by atoms with van der Waals surface area (Å²) in [5.41, 5.74) is 0.152. The molecule has 0 bridgehead atoms. The Hall–Kier alpha value is -16.7. The lowest BCUT2D eigenvalue weighted by Gasteiger charge is -2.26. The molecule has 2 fully saturated rings. The van der Waals surface area contributed by atoms with Gasteiger partial charge >= 0.3 is 6.18 Å². The van der Waals surface area contributed by atoms with Gasteiger partial charge in [0.25, 0.3) is 0 Å². The molecule has 0 atom stereocenters. The topological polar surface area (TPSA) is 37.4 Å². The third-order valence-electron chi connectivity index (χ3n) is 8.88. The van der Waals surface area contributed by atoms with Gasteiger partial charge in [0.1, 0.15) is 11.6 Å². The third kappa shape index (κ3) is 55.6. The standard InChI is InChI=1S/C71H3.C13H13BrF3NO.C6H10O/c1-3-5-7-9-11-13-15-17-19-21-23-25-27-29-31-33-35-37-39-41-43-45-47-49-51-53-55-57-59-61-63-65-67-69-71-70-68-66-64-62-60-58-56-54-52-50-48-46-44-42-40-38-36-34-32-30-28-26-24-22-20-18-16-14-12-10-8-6-4-2;14-12-7-10(13(15,16)17)2-1-9(12)8-18-5-3-11(19)4-6-18;7-6-4-2-1-3-5-6/h1H,2H2;1-2,7H,3-6,8H2;1-5H2/q-1;;. The Labute approximate surface area is 578 Å². The minimum atomic E-state index is -4.32. The number of alkyl halides is 3. The smallest absolute Gasteiger partial charge is 0.300 e. The number of likely N-dealkylation sites (tertiary alicyclic amines) is 1. The molecule has 2 aliphatic rings. The van der Waals surface area contributed by atoms with E-state index in [2.05, 4.69) is 436 Å². The molecule has 1 saturated heterocycles. The average molecular weight is 1290 g/mol. The monoisotopic (exact) mass is 1290 g/mol. The summed E-state index contributed by atoms with van der Waals surface area (Å²) >= 11 is 3.18. The number of rotatable bonds is 2. The maximum atomic E-state index is 12.5. The first kappa shape index (κ1) is 78.3. The summed E-state index contributed by atoms with van der Waals surface area (Å²) in [6.45, 7) is 5.22. The summed E-state index contributed by atoms with van der Waals surface area (Å²) in [7, 11) is 0. The molecule has 1 saturated carbocycles. The zero-order valence-corrected chi connectivity index (χ0v) is 51.9. The van der Waals surface area contributed by atoms with Crippen LogP contribution < -0.4 is 0 Å². The molecule has 0 radical (unpaired) electrons. The van der Waals surface area contributed by atoms with Gasteiger partial charge in [-0.05, 0) is 125 Å². The van der Waals surface area contributed by atoms with Crippen LogP contribution in [-0.4, -0.2) is 29.6 Å².